The number of imide groups is 1. The highest BCUT2D eigenvalue weighted by Gasteiger charge is 2.52. The fourth-order valence-electron chi connectivity index (χ4n) is 7.03. The molecule has 3 aliphatic rings. The highest BCUT2D eigenvalue weighted by atomic mass is 16.6. The molecular weight excluding hydrogens is 566 g/mol. The van der Waals surface area contributed by atoms with Crippen molar-refractivity contribution in [3.63, 3.8) is 0 Å². The van der Waals surface area contributed by atoms with Crippen LogP contribution in [0.3, 0.4) is 0 Å². The first-order chi connectivity index (χ1) is 21.2. The number of pyridine rings is 1. The second-order valence-electron chi connectivity index (χ2n) is 14.9. The molecule has 4 heterocycles. The summed E-state index contributed by atoms with van der Waals surface area (Å²) < 4.78 is 5.58. The standard InChI is InChI=1S/C36H45N5O4/c1-34(2,3)45-33(44)38-18-15-24(16-19-38)21-39-23-35(4,5)28-13-12-26(20-30(28)39)41-31(42)36(6,7)40(32(41)43)22-25-14-17-37-29-11-9-8-10-27(25)29/h8-14,17,20,24H,15-16,18-19,21-23H2,1-7H3. The Morgan fingerprint density at radius 1 is 1.00 bits per heavy atom. The second kappa shape index (κ2) is 11.0. The van der Waals surface area contributed by atoms with E-state index in [9.17, 15) is 14.4 Å². The molecule has 238 valence electrons. The number of piperidine rings is 1. The summed E-state index contributed by atoms with van der Waals surface area (Å²) in [6, 6.07) is 15.5. The van der Waals surface area contributed by atoms with Gasteiger partial charge >= 0.3 is 12.1 Å². The lowest BCUT2D eigenvalue weighted by Crippen LogP contribution is -2.44. The van der Waals surface area contributed by atoms with Crippen LogP contribution in [0.25, 0.3) is 10.9 Å². The SMILES string of the molecule is CC(C)(C)OC(=O)N1CCC(CN2CC(C)(C)c3ccc(N4C(=O)N(Cc5ccnc6ccccc56)C(C)(C)C4=O)cc32)CC1. The van der Waals surface area contributed by atoms with Crippen LogP contribution in [0.4, 0.5) is 21.0 Å². The van der Waals surface area contributed by atoms with E-state index >= 15 is 0 Å². The molecule has 1 aromatic heterocycles. The van der Waals surface area contributed by atoms with Gasteiger partial charge in [0.15, 0.2) is 0 Å². The molecule has 0 aliphatic carbocycles. The van der Waals surface area contributed by atoms with Crippen LogP contribution in [-0.4, -0.2) is 70.1 Å². The number of carbonyl (C=O) groups excluding carboxylic acids is 3. The normalized spacial score (nSPS) is 19.9. The first-order valence-electron chi connectivity index (χ1n) is 16.0. The number of hydrogen-bond donors (Lipinski definition) is 0. The van der Waals surface area contributed by atoms with Gasteiger partial charge < -0.3 is 19.4 Å². The maximum absolute atomic E-state index is 14.0. The van der Waals surface area contributed by atoms with Gasteiger partial charge in [0.2, 0.25) is 0 Å². The highest BCUT2D eigenvalue weighted by Crippen LogP contribution is 2.44. The van der Waals surface area contributed by atoms with Crippen LogP contribution in [0.2, 0.25) is 0 Å². The number of hydrogen-bond acceptors (Lipinski definition) is 6. The summed E-state index contributed by atoms with van der Waals surface area (Å²) in [4.78, 5) is 52.2. The Hall–Kier alpha value is -4.14. The number of carbonyl (C=O) groups is 3. The summed E-state index contributed by atoms with van der Waals surface area (Å²) in [5.74, 6) is 0.192. The minimum atomic E-state index is -1.01. The molecule has 0 saturated carbocycles. The minimum absolute atomic E-state index is 0.0716. The lowest BCUT2D eigenvalue weighted by molar-refractivity contribution is -0.123. The molecule has 3 aliphatic heterocycles. The molecule has 6 rings (SSSR count). The van der Waals surface area contributed by atoms with Crippen molar-refractivity contribution in [1.82, 2.24) is 14.8 Å². The van der Waals surface area contributed by atoms with E-state index in [1.807, 2.05) is 82.0 Å². The topological polar surface area (TPSA) is 86.3 Å². The molecule has 4 amide bonds. The van der Waals surface area contributed by atoms with Crippen LogP contribution in [0.5, 0.6) is 0 Å². The monoisotopic (exact) mass is 611 g/mol. The van der Waals surface area contributed by atoms with Crippen molar-refractivity contribution in [2.45, 2.75) is 84.4 Å². The van der Waals surface area contributed by atoms with Crippen LogP contribution >= 0.6 is 0 Å². The number of nitrogens with zero attached hydrogens (tertiary/aromatic N) is 5. The summed E-state index contributed by atoms with van der Waals surface area (Å²) in [5.41, 5.74) is 3.12. The fourth-order valence-corrected chi connectivity index (χ4v) is 7.03. The van der Waals surface area contributed by atoms with Crippen LogP contribution in [0.15, 0.2) is 54.7 Å². The third-order valence-electron chi connectivity index (χ3n) is 9.53. The van der Waals surface area contributed by atoms with E-state index in [4.69, 9.17) is 4.74 Å². The Bertz CT molecular complexity index is 1650. The molecule has 45 heavy (non-hydrogen) atoms. The highest BCUT2D eigenvalue weighted by molar-refractivity contribution is 6.23. The molecule has 2 aromatic carbocycles. The molecule has 3 aromatic rings. The van der Waals surface area contributed by atoms with E-state index in [1.165, 1.54) is 10.5 Å². The Kier molecular flexibility index (Phi) is 7.57. The summed E-state index contributed by atoms with van der Waals surface area (Å²) in [6.45, 7) is 17.2. The maximum atomic E-state index is 14.0. The third-order valence-corrected chi connectivity index (χ3v) is 9.53. The molecule has 0 unspecified atom stereocenters. The molecule has 2 fully saturated rings. The Morgan fingerprint density at radius 2 is 1.71 bits per heavy atom. The summed E-state index contributed by atoms with van der Waals surface area (Å²) in [6.07, 6.45) is 3.32. The van der Waals surface area contributed by atoms with Gasteiger partial charge in [-0.1, -0.05) is 38.1 Å². The maximum Gasteiger partial charge on any atom is 0.410 e. The van der Waals surface area contributed by atoms with Gasteiger partial charge in [-0.25, -0.2) is 14.5 Å². The van der Waals surface area contributed by atoms with Crippen LogP contribution < -0.4 is 9.80 Å². The number of likely N-dealkylation sites (tertiary alicyclic amines) is 1. The van der Waals surface area contributed by atoms with Gasteiger partial charge in [-0.3, -0.25) is 9.78 Å². The summed E-state index contributed by atoms with van der Waals surface area (Å²) in [5, 5.41) is 0.974. The van der Waals surface area contributed by atoms with E-state index in [0.29, 0.717) is 31.2 Å². The minimum Gasteiger partial charge on any atom is -0.444 e. The summed E-state index contributed by atoms with van der Waals surface area (Å²) in [7, 11) is 0. The van der Waals surface area contributed by atoms with Gasteiger partial charge in [0.25, 0.3) is 5.91 Å². The Balaban J connectivity index is 1.21. The number of amides is 4. The van der Waals surface area contributed by atoms with Crippen molar-refractivity contribution in [3.05, 3.63) is 65.9 Å². The number of anilines is 2. The molecule has 9 nitrogen and oxygen atoms in total. The van der Waals surface area contributed by atoms with E-state index in [2.05, 4.69) is 29.8 Å². The van der Waals surface area contributed by atoms with Crippen molar-refractivity contribution in [3.8, 4) is 0 Å². The molecule has 9 heteroatoms. The van der Waals surface area contributed by atoms with Crippen LogP contribution in [0.1, 0.15) is 72.4 Å². The number of fused-ring (bicyclic) bond motifs is 2. The van der Waals surface area contributed by atoms with Crippen LogP contribution in [-0.2, 0) is 21.5 Å². The average Bonchev–Trinajstić information content (AvgIpc) is 3.32. The molecule has 0 atom stereocenters. The number of para-hydroxylation sites is 1. The van der Waals surface area contributed by atoms with Gasteiger partial charge in [0.05, 0.1) is 11.2 Å². The van der Waals surface area contributed by atoms with Crippen molar-refractivity contribution < 1.29 is 19.1 Å². The lowest BCUT2D eigenvalue weighted by Gasteiger charge is -2.35. The fraction of sp³-hybridized carbons (Fsp3) is 0.500. The van der Waals surface area contributed by atoms with Gasteiger partial charge in [0.1, 0.15) is 11.1 Å². The third kappa shape index (κ3) is 5.73. The Morgan fingerprint density at radius 3 is 2.42 bits per heavy atom. The van der Waals surface area contributed by atoms with Gasteiger partial charge in [-0.15, -0.1) is 0 Å². The largest absolute Gasteiger partial charge is 0.444 e. The summed E-state index contributed by atoms with van der Waals surface area (Å²) >= 11 is 0. The molecule has 2 saturated heterocycles. The Labute approximate surface area is 266 Å². The molecule has 0 N–H and O–H groups in total. The zero-order chi connectivity index (χ0) is 32.3. The number of urea groups is 1. The molecule has 0 spiro atoms. The molecule has 0 bridgehead atoms. The number of benzene rings is 2. The average molecular weight is 612 g/mol. The van der Waals surface area contributed by atoms with Gasteiger partial charge in [-0.2, -0.15) is 0 Å². The van der Waals surface area contributed by atoms with Gasteiger partial charge in [0, 0.05) is 55.4 Å². The smallest absolute Gasteiger partial charge is 0.410 e. The van der Waals surface area contributed by atoms with Crippen molar-refractivity contribution in [1.29, 1.82) is 0 Å². The number of rotatable bonds is 5. The first kappa shape index (κ1) is 30.9. The number of aromatic nitrogens is 1. The molecular formula is C36H45N5O4. The number of ether oxygens (including phenoxy) is 1. The van der Waals surface area contributed by atoms with Crippen molar-refractivity contribution in [2.24, 2.45) is 5.92 Å². The van der Waals surface area contributed by atoms with Crippen molar-refractivity contribution >= 4 is 40.3 Å². The van der Waals surface area contributed by atoms with Crippen LogP contribution in [0, 0.1) is 5.92 Å². The zero-order valence-electron chi connectivity index (χ0n) is 27.6. The van der Waals surface area contributed by atoms with E-state index in [0.717, 1.165) is 48.1 Å². The van der Waals surface area contributed by atoms with E-state index in [-0.39, 0.29) is 23.4 Å². The lowest BCUT2D eigenvalue weighted by atomic mass is 9.87. The van der Waals surface area contributed by atoms with Gasteiger partial charge in [-0.05, 0) is 88.8 Å². The molecule has 0 radical (unpaired) electrons. The van der Waals surface area contributed by atoms with E-state index in [1.54, 1.807) is 11.1 Å². The van der Waals surface area contributed by atoms with Crippen molar-refractivity contribution in [2.75, 3.05) is 36.0 Å². The zero-order valence-corrected chi connectivity index (χ0v) is 27.6. The predicted molar refractivity (Wildman–Crippen MR) is 176 cm³/mol. The van der Waals surface area contributed by atoms with E-state index < -0.39 is 11.1 Å². The quantitative estimate of drug-likeness (QED) is 0.298. The predicted octanol–water partition coefficient (Wildman–Crippen LogP) is 6.73. The first-order valence-corrected chi connectivity index (χ1v) is 16.0. The second-order valence-corrected chi connectivity index (χ2v) is 14.9.